The van der Waals surface area contributed by atoms with Gasteiger partial charge in [0, 0.05) is 25.1 Å². The van der Waals surface area contributed by atoms with Crippen molar-refractivity contribution in [2.75, 3.05) is 13.1 Å². The second-order valence-electron chi connectivity index (χ2n) is 3.88. The van der Waals surface area contributed by atoms with Gasteiger partial charge in [-0.3, -0.25) is 9.67 Å². The van der Waals surface area contributed by atoms with Gasteiger partial charge < -0.3 is 5.32 Å². The molecule has 0 saturated heterocycles. The maximum absolute atomic E-state index is 4.00. The van der Waals surface area contributed by atoms with Crippen LogP contribution in [0.1, 0.15) is 12.0 Å². The fourth-order valence-corrected chi connectivity index (χ4v) is 1.63. The van der Waals surface area contributed by atoms with E-state index in [9.17, 15) is 0 Å². The molecule has 0 aliphatic carbocycles. The van der Waals surface area contributed by atoms with Crippen molar-refractivity contribution in [1.29, 1.82) is 0 Å². The number of rotatable bonds is 7. The highest BCUT2D eigenvalue weighted by molar-refractivity contribution is 5.09. The van der Waals surface area contributed by atoms with Gasteiger partial charge in [0.1, 0.15) is 0 Å². The van der Waals surface area contributed by atoms with Crippen LogP contribution in [-0.4, -0.2) is 33.1 Å². The van der Waals surface area contributed by atoms with Crippen LogP contribution in [0.4, 0.5) is 0 Å². The molecule has 2 heterocycles. The summed E-state index contributed by atoms with van der Waals surface area (Å²) < 4.78 is 1.85. The fraction of sp³-hybridized carbons (Fsp3) is 0.417. The Balaban J connectivity index is 1.52. The molecular formula is C12H17N5. The number of nitrogens with one attached hydrogen (secondary N) is 1. The maximum atomic E-state index is 4.00. The highest BCUT2D eigenvalue weighted by atomic mass is 15.4. The highest BCUT2D eigenvalue weighted by Gasteiger charge is 1.93. The van der Waals surface area contributed by atoms with E-state index in [1.807, 2.05) is 23.3 Å². The minimum atomic E-state index is 0.919. The number of hydrogen-bond donors (Lipinski definition) is 1. The lowest BCUT2D eigenvalue weighted by Crippen LogP contribution is -2.20. The predicted molar refractivity (Wildman–Crippen MR) is 65.4 cm³/mol. The molecule has 2 rings (SSSR count). The highest BCUT2D eigenvalue weighted by Crippen LogP contribution is 1.95. The summed E-state index contributed by atoms with van der Waals surface area (Å²) >= 11 is 0. The molecular weight excluding hydrogens is 214 g/mol. The van der Waals surface area contributed by atoms with Gasteiger partial charge >= 0.3 is 0 Å². The Bertz CT molecular complexity index is 398. The average Bonchev–Trinajstić information content (AvgIpc) is 2.88. The molecule has 5 nitrogen and oxygen atoms in total. The molecule has 0 saturated carbocycles. The molecule has 0 aliphatic rings. The Hall–Kier alpha value is -1.75. The summed E-state index contributed by atoms with van der Waals surface area (Å²) in [4.78, 5) is 4.00. The van der Waals surface area contributed by atoms with Crippen molar-refractivity contribution in [3.05, 3.63) is 42.5 Å². The lowest BCUT2D eigenvalue weighted by atomic mass is 10.2. The van der Waals surface area contributed by atoms with E-state index in [1.54, 1.807) is 6.20 Å². The van der Waals surface area contributed by atoms with E-state index < -0.39 is 0 Å². The van der Waals surface area contributed by atoms with E-state index in [1.165, 1.54) is 5.56 Å². The molecule has 0 unspecified atom stereocenters. The first-order valence-electron chi connectivity index (χ1n) is 5.89. The topological polar surface area (TPSA) is 55.6 Å². The van der Waals surface area contributed by atoms with E-state index in [0.717, 1.165) is 32.5 Å². The number of aryl methyl sites for hydroxylation is 1. The molecule has 2 aromatic rings. The third kappa shape index (κ3) is 4.32. The fourth-order valence-electron chi connectivity index (χ4n) is 1.63. The lowest BCUT2D eigenvalue weighted by Gasteiger charge is -2.04. The first-order valence-corrected chi connectivity index (χ1v) is 5.89. The quantitative estimate of drug-likeness (QED) is 0.719. The van der Waals surface area contributed by atoms with Gasteiger partial charge in [-0.15, -0.1) is 5.10 Å². The molecule has 0 aliphatic heterocycles. The number of hydrogen-bond acceptors (Lipinski definition) is 4. The first-order chi connectivity index (χ1) is 8.45. The standard InChI is InChI=1S/C12H17N5/c1(10-17-11-9-15-16-17)5-13-6-2-12-3-7-14-8-4-12/h3-4,7-9,11,13H,1-2,5-6,10H2. The summed E-state index contributed by atoms with van der Waals surface area (Å²) in [5.41, 5.74) is 1.32. The van der Waals surface area contributed by atoms with Crippen molar-refractivity contribution in [2.45, 2.75) is 19.4 Å². The molecule has 90 valence electrons. The lowest BCUT2D eigenvalue weighted by molar-refractivity contribution is 0.531. The van der Waals surface area contributed by atoms with E-state index in [2.05, 4.69) is 32.7 Å². The van der Waals surface area contributed by atoms with E-state index in [4.69, 9.17) is 0 Å². The van der Waals surface area contributed by atoms with Crippen molar-refractivity contribution in [1.82, 2.24) is 25.3 Å². The van der Waals surface area contributed by atoms with Crippen LogP contribution in [0.3, 0.4) is 0 Å². The van der Waals surface area contributed by atoms with E-state index in [0.29, 0.717) is 0 Å². The van der Waals surface area contributed by atoms with Gasteiger partial charge in [-0.1, -0.05) is 5.21 Å². The minimum absolute atomic E-state index is 0.919. The third-order valence-corrected chi connectivity index (χ3v) is 2.55. The smallest absolute Gasteiger partial charge is 0.0692 e. The third-order valence-electron chi connectivity index (χ3n) is 2.55. The first kappa shape index (κ1) is 11.7. The zero-order valence-electron chi connectivity index (χ0n) is 9.79. The molecule has 0 amide bonds. The molecule has 0 spiro atoms. The van der Waals surface area contributed by atoms with Crippen LogP contribution < -0.4 is 5.32 Å². The Morgan fingerprint density at radius 2 is 2.00 bits per heavy atom. The molecule has 0 aromatic carbocycles. The molecule has 0 bridgehead atoms. The number of nitrogens with zero attached hydrogens (tertiary/aromatic N) is 4. The molecule has 5 heteroatoms. The molecule has 1 N–H and O–H groups in total. The van der Waals surface area contributed by atoms with Gasteiger partial charge in [-0.2, -0.15) is 0 Å². The van der Waals surface area contributed by atoms with Crippen LogP contribution in [-0.2, 0) is 13.0 Å². The van der Waals surface area contributed by atoms with Crippen LogP contribution in [0.15, 0.2) is 36.9 Å². The zero-order chi connectivity index (χ0) is 11.8. The second kappa shape index (κ2) is 6.75. The monoisotopic (exact) mass is 231 g/mol. The summed E-state index contributed by atoms with van der Waals surface area (Å²) in [6.07, 6.45) is 9.37. The Morgan fingerprint density at radius 3 is 2.76 bits per heavy atom. The van der Waals surface area contributed by atoms with Gasteiger partial charge in [0.15, 0.2) is 0 Å². The van der Waals surface area contributed by atoms with Crippen molar-refractivity contribution < 1.29 is 0 Å². The van der Waals surface area contributed by atoms with E-state index in [-0.39, 0.29) is 0 Å². The van der Waals surface area contributed by atoms with Gasteiger partial charge in [0.2, 0.25) is 0 Å². The van der Waals surface area contributed by atoms with E-state index >= 15 is 0 Å². The van der Waals surface area contributed by atoms with Gasteiger partial charge in [0.05, 0.1) is 6.20 Å². The van der Waals surface area contributed by atoms with Crippen molar-refractivity contribution in [3.8, 4) is 0 Å². The second-order valence-corrected chi connectivity index (χ2v) is 3.88. The summed E-state index contributed by atoms with van der Waals surface area (Å²) in [6.45, 7) is 2.93. The van der Waals surface area contributed by atoms with Crippen LogP contribution >= 0.6 is 0 Å². The number of pyridine rings is 1. The molecule has 0 radical (unpaired) electrons. The summed E-state index contributed by atoms with van der Waals surface area (Å²) in [5, 5.41) is 11.1. The maximum Gasteiger partial charge on any atom is 0.0692 e. The number of aromatic nitrogens is 4. The van der Waals surface area contributed by atoms with Crippen LogP contribution in [0.5, 0.6) is 0 Å². The van der Waals surface area contributed by atoms with Crippen molar-refractivity contribution in [2.24, 2.45) is 0 Å². The Morgan fingerprint density at radius 1 is 1.12 bits per heavy atom. The molecule has 2 aromatic heterocycles. The normalized spacial score (nSPS) is 10.6. The van der Waals surface area contributed by atoms with Gasteiger partial charge in [-0.25, -0.2) is 0 Å². The zero-order valence-corrected chi connectivity index (χ0v) is 9.79. The van der Waals surface area contributed by atoms with Crippen LogP contribution in [0.25, 0.3) is 0 Å². The summed E-state index contributed by atoms with van der Waals surface area (Å²) in [6, 6.07) is 4.11. The average molecular weight is 231 g/mol. The van der Waals surface area contributed by atoms with Crippen LogP contribution in [0, 0.1) is 0 Å². The van der Waals surface area contributed by atoms with Crippen molar-refractivity contribution >= 4 is 0 Å². The molecule has 0 atom stereocenters. The van der Waals surface area contributed by atoms with Gasteiger partial charge in [-0.05, 0) is 43.6 Å². The Kier molecular flexibility index (Phi) is 4.66. The molecule has 17 heavy (non-hydrogen) atoms. The molecule has 0 fully saturated rings. The van der Waals surface area contributed by atoms with Gasteiger partial charge in [0.25, 0.3) is 0 Å². The predicted octanol–water partition coefficient (Wildman–Crippen LogP) is 0.895. The summed E-state index contributed by atoms with van der Waals surface area (Å²) in [7, 11) is 0. The van der Waals surface area contributed by atoms with Crippen LogP contribution in [0.2, 0.25) is 0 Å². The largest absolute Gasteiger partial charge is 0.316 e. The summed E-state index contributed by atoms with van der Waals surface area (Å²) in [5.74, 6) is 0. The Labute approximate surface area is 101 Å². The van der Waals surface area contributed by atoms with Crippen molar-refractivity contribution in [3.63, 3.8) is 0 Å². The minimum Gasteiger partial charge on any atom is -0.316 e. The SMILES string of the molecule is c1cc(CCNCCCn2ccnn2)ccn1.